The van der Waals surface area contributed by atoms with E-state index in [0.717, 1.165) is 6.42 Å². The van der Waals surface area contributed by atoms with Gasteiger partial charge in [0.2, 0.25) is 0 Å². The van der Waals surface area contributed by atoms with Crippen molar-refractivity contribution >= 4 is 5.69 Å². The molecule has 2 heteroatoms. The summed E-state index contributed by atoms with van der Waals surface area (Å²) in [5.41, 5.74) is 5.30. The molecule has 0 radical (unpaired) electrons. The molecule has 0 aliphatic carbocycles. The number of hydrogen-bond acceptors (Lipinski definition) is 2. The van der Waals surface area contributed by atoms with Gasteiger partial charge in [-0.1, -0.05) is 13.8 Å². The molecule has 1 aromatic heterocycles. The molecule has 0 bridgehead atoms. The van der Waals surface area contributed by atoms with Crippen molar-refractivity contribution < 1.29 is 0 Å². The van der Waals surface area contributed by atoms with Gasteiger partial charge in [0.05, 0.1) is 11.4 Å². The first-order valence-corrected chi connectivity index (χ1v) is 5.84. The van der Waals surface area contributed by atoms with Crippen LogP contribution in [-0.4, -0.2) is 11.0 Å². The Morgan fingerprint density at radius 3 is 2.87 bits per heavy atom. The second-order valence-electron chi connectivity index (χ2n) is 4.90. The lowest BCUT2D eigenvalue weighted by Crippen LogP contribution is -2.24. The Bertz CT molecular complexity index is 369. The van der Waals surface area contributed by atoms with Crippen LogP contribution in [-0.2, 0) is 6.42 Å². The van der Waals surface area contributed by atoms with E-state index in [1.807, 2.05) is 0 Å². The molecule has 0 aromatic carbocycles. The van der Waals surface area contributed by atoms with Crippen LogP contribution in [0.25, 0.3) is 0 Å². The summed E-state index contributed by atoms with van der Waals surface area (Å²) in [5.74, 6) is 0.557. The molecule has 2 heterocycles. The molecule has 0 saturated heterocycles. The van der Waals surface area contributed by atoms with Gasteiger partial charge in [0.1, 0.15) is 0 Å². The fourth-order valence-electron chi connectivity index (χ4n) is 2.30. The second kappa shape index (κ2) is 3.84. The third kappa shape index (κ3) is 1.85. The van der Waals surface area contributed by atoms with E-state index in [1.54, 1.807) is 0 Å². The van der Waals surface area contributed by atoms with Crippen LogP contribution in [0.1, 0.15) is 49.9 Å². The van der Waals surface area contributed by atoms with Gasteiger partial charge < -0.3 is 5.32 Å². The van der Waals surface area contributed by atoms with Gasteiger partial charge in [-0.25, -0.2) is 0 Å². The fraction of sp³-hybridized carbons (Fsp3) is 0.615. The molecular weight excluding hydrogens is 184 g/mol. The number of aryl methyl sites for hydroxylation is 1. The predicted molar refractivity (Wildman–Crippen MR) is 64.5 cm³/mol. The second-order valence-corrected chi connectivity index (χ2v) is 4.90. The highest BCUT2D eigenvalue weighted by Gasteiger charge is 2.19. The number of anilines is 1. The molecule has 0 fully saturated rings. The van der Waals surface area contributed by atoms with Crippen LogP contribution in [0, 0.1) is 6.92 Å². The molecule has 1 aliphatic rings. The third-order valence-electron chi connectivity index (χ3n) is 3.28. The zero-order valence-corrected chi connectivity index (χ0v) is 10.1. The average Bonchev–Trinajstić information content (AvgIpc) is 2.19. The first-order chi connectivity index (χ1) is 7.09. The van der Waals surface area contributed by atoms with Crippen molar-refractivity contribution in [2.24, 2.45) is 0 Å². The molecule has 0 amide bonds. The van der Waals surface area contributed by atoms with Gasteiger partial charge in [0, 0.05) is 12.2 Å². The van der Waals surface area contributed by atoms with E-state index in [9.17, 15) is 0 Å². The van der Waals surface area contributed by atoms with Crippen molar-refractivity contribution in [2.75, 3.05) is 5.32 Å². The van der Waals surface area contributed by atoms with E-state index >= 15 is 0 Å². The van der Waals surface area contributed by atoms with Crippen molar-refractivity contribution in [3.05, 3.63) is 23.0 Å². The number of nitrogens with one attached hydrogen (secondary N) is 1. The number of aromatic nitrogens is 1. The molecule has 0 saturated carbocycles. The molecule has 1 unspecified atom stereocenters. The number of nitrogens with zero attached hydrogens (tertiary/aromatic N) is 1. The highest BCUT2D eigenvalue weighted by molar-refractivity contribution is 5.59. The Kier molecular flexibility index (Phi) is 2.68. The van der Waals surface area contributed by atoms with Crippen LogP contribution in [0.3, 0.4) is 0 Å². The molecule has 1 aromatic rings. The SMILES string of the molecule is Cc1c(C(C)C)cnc2c1NC(C)CC2. The molecule has 2 rings (SSSR count). The van der Waals surface area contributed by atoms with Gasteiger partial charge in [-0.2, -0.15) is 0 Å². The highest BCUT2D eigenvalue weighted by atomic mass is 15.0. The summed E-state index contributed by atoms with van der Waals surface area (Å²) in [4.78, 5) is 4.57. The van der Waals surface area contributed by atoms with Gasteiger partial charge in [0.25, 0.3) is 0 Å². The number of pyridine rings is 1. The van der Waals surface area contributed by atoms with Gasteiger partial charge >= 0.3 is 0 Å². The van der Waals surface area contributed by atoms with Gasteiger partial charge in [-0.05, 0) is 43.7 Å². The van der Waals surface area contributed by atoms with Crippen LogP contribution in [0.4, 0.5) is 5.69 Å². The van der Waals surface area contributed by atoms with E-state index in [1.165, 1.54) is 28.9 Å². The summed E-state index contributed by atoms with van der Waals surface area (Å²) >= 11 is 0. The maximum absolute atomic E-state index is 4.57. The summed E-state index contributed by atoms with van der Waals surface area (Å²) < 4.78 is 0. The van der Waals surface area contributed by atoms with E-state index < -0.39 is 0 Å². The van der Waals surface area contributed by atoms with Gasteiger partial charge in [-0.3, -0.25) is 4.98 Å². The molecule has 1 N–H and O–H groups in total. The van der Waals surface area contributed by atoms with Crippen molar-refractivity contribution in [3.63, 3.8) is 0 Å². The molecule has 1 aliphatic heterocycles. The highest BCUT2D eigenvalue weighted by Crippen LogP contribution is 2.31. The average molecular weight is 204 g/mol. The Balaban J connectivity index is 2.46. The minimum absolute atomic E-state index is 0.557. The summed E-state index contributed by atoms with van der Waals surface area (Å²) in [7, 11) is 0. The predicted octanol–water partition coefficient (Wildman–Crippen LogP) is 3.26. The van der Waals surface area contributed by atoms with Crippen LogP contribution in [0.5, 0.6) is 0 Å². The molecule has 15 heavy (non-hydrogen) atoms. The van der Waals surface area contributed by atoms with Crippen molar-refractivity contribution in [1.82, 2.24) is 4.98 Å². The third-order valence-corrected chi connectivity index (χ3v) is 3.28. The van der Waals surface area contributed by atoms with Crippen molar-refractivity contribution in [3.8, 4) is 0 Å². The molecule has 0 spiro atoms. The fourth-order valence-corrected chi connectivity index (χ4v) is 2.30. The maximum atomic E-state index is 4.57. The topological polar surface area (TPSA) is 24.9 Å². The summed E-state index contributed by atoms with van der Waals surface area (Å²) in [6.45, 7) is 8.90. The van der Waals surface area contributed by atoms with Crippen LogP contribution >= 0.6 is 0 Å². The molecule has 82 valence electrons. The van der Waals surface area contributed by atoms with Crippen LogP contribution < -0.4 is 5.32 Å². The zero-order chi connectivity index (χ0) is 11.0. The Morgan fingerprint density at radius 2 is 2.20 bits per heavy atom. The zero-order valence-electron chi connectivity index (χ0n) is 10.1. The normalized spacial score (nSPS) is 19.9. The van der Waals surface area contributed by atoms with E-state index in [0.29, 0.717) is 12.0 Å². The summed E-state index contributed by atoms with van der Waals surface area (Å²) in [6, 6.07) is 0.584. The lowest BCUT2D eigenvalue weighted by atomic mass is 9.94. The maximum Gasteiger partial charge on any atom is 0.0638 e. The van der Waals surface area contributed by atoms with Crippen molar-refractivity contribution in [2.45, 2.75) is 52.5 Å². The monoisotopic (exact) mass is 204 g/mol. The van der Waals surface area contributed by atoms with Crippen LogP contribution in [0.15, 0.2) is 6.20 Å². The minimum Gasteiger partial charge on any atom is -0.381 e. The number of rotatable bonds is 1. The lowest BCUT2D eigenvalue weighted by molar-refractivity contribution is 0.663. The number of hydrogen-bond donors (Lipinski definition) is 1. The van der Waals surface area contributed by atoms with Crippen LogP contribution in [0.2, 0.25) is 0 Å². The first kappa shape index (κ1) is 10.5. The number of fused-ring (bicyclic) bond motifs is 1. The molecular formula is C13H20N2. The van der Waals surface area contributed by atoms with E-state index in [4.69, 9.17) is 0 Å². The quantitative estimate of drug-likeness (QED) is 0.759. The molecule has 1 atom stereocenters. The van der Waals surface area contributed by atoms with Gasteiger partial charge in [-0.15, -0.1) is 0 Å². The van der Waals surface area contributed by atoms with Crippen molar-refractivity contribution in [1.29, 1.82) is 0 Å². The Labute approximate surface area is 92.1 Å². The van der Waals surface area contributed by atoms with E-state index in [-0.39, 0.29) is 0 Å². The smallest absolute Gasteiger partial charge is 0.0638 e. The van der Waals surface area contributed by atoms with Gasteiger partial charge in [0.15, 0.2) is 0 Å². The molecule has 2 nitrogen and oxygen atoms in total. The first-order valence-electron chi connectivity index (χ1n) is 5.84. The Morgan fingerprint density at radius 1 is 1.47 bits per heavy atom. The lowest BCUT2D eigenvalue weighted by Gasteiger charge is -2.26. The summed E-state index contributed by atoms with van der Waals surface area (Å²) in [5, 5.41) is 3.56. The standard InChI is InChI=1S/C13H20N2/c1-8(2)11-7-14-12-6-5-9(3)15-13(12)10(11)4/h7-9,15H,5-6H2,1-4H3. The largest absolute Gasteiger partial charge is 0.381 e. The summed E-state index contributed by atoms with van der Waals surface area (Å²) in [6.07, 6.45) is 4.36. The minimum atomic E-state index is 0.557. The van der Waals surface area contributed by atoms with E-state index in [2.05, 4.69) is 44.2 Å². The Hall–Kier alpha value is -1.05.